The first-order valence-corrected chi connectivity index (χ1v) is 6.98. The van der Waals surface area contributed by atoms with Crippen molar-refractivity contribution in [2.45, 2.75) is 18.9 Å². The Morgan fingerprint density at radius 2 is 2.09 bits per heavy atom. The van der Waals surface area contributed by atoms with Crippen LogP contribution in [0.3, 0.4) is 0 Å². The number of carboxylic acid groups (broad SMARTS) is 1. The van der Waals surface area contributed by atoms with Crippen molar-refractivity contribution < 1.29 is 28.6 Å². The number of carbonyl (C=O) groups excluding carboxylic acids is 1. The lowest BCUT2D eigenvalue weighted by Crippen LogP contribution is -2.47. The Morgan fingerprint density at radius 1 is 1.41 bits per heavy atom. The first-order chi connectivity index (χ1) is 10.5. The molecule has 22 heavy (non-hydrogen) atoms. The molecule has 1 aliphatic rings. The zero-order chi connectivity index (χ0) is 16.1. The molecular formula is C15H18FNO5. The molecule has 1 aliphatic heterocycles. The van der Waals surface area contributed by atoms with E-state index in [0.29, 0.717) is 26.1 Å². The van der Waals surface area contributed by atoms with Gasteiger partial charge in [-0.15, -0.1) is 0 Å². The summed E-state index contributed by atoms with van der Waals surface area (Å²) in [6.45, 7) is 0.932. The number of rotatable bonds is 5. The summed E-state index contributed by atoms with van der Waals surface area (Å²) in [5, 5.41) is 11.8. The van der Waals surface area contributed by atoms with Crippen molar-refractivity contribution in [1.82, 2.24) is 5.32 Å². The quantitative estimate of drug-likeness (QED) is 0.859. The fourth-order valence-corrected chi connectivity index (χ4v) is 2.51. The minimum absolute atomic E-state index is 0.0270. The second kappa shape index (κ2) is 7.22. The maximum Gasteiger partial charge on any atom is 0.326 e. The lowest BCUT2D eigenvalue weighted by Gasteiger charge is -2.28. The Labute approximate surface area is 127 Å². The number of methoxy groups -OCH3 is 1. The van der Waals surface area contributed by atoms with Gasteiger partial charge in [-0.05, 0) is 37.0 Å². The molecule has 1 fully saturated rings. The molecule has 7 heteroatoms. The van der Waals surface area contributed by atoms with Crippen molar-refractivity contribution in [2.24, 2.45) is 5.92 Å². The van der Waals surface area contributed by atoms with E-state index in [1.807, 2.05) is 0 Å². The van der Waals surface area contributed by atoms with Crippen molar-refractivity contribution >= 4 is 11.9 Å². The number of amides is 1. The maximum absolute atomic E-state index is 13.3. The van der Waals surface area contributed by atoms with Gasteiger partial charge in [-0.25, -0.2) is 9.18 Å². The number of ether oxygens (including phenoxy) is 2. The molecule has 0 bridgehead atoms. The lowest BCUT2D eigenvalue weighted by atomic mass is 9.91. The summed E-state index contributed by atoms with van der Waals surface area (Å²) in [4.78, 5) is 23.7. The summed E-state index contributed by atoms with van der Waals surface area (Å²) in [6, 6.07) is 2.48. The number of aliphatic carboxylic acids is 1. The van der Waals surface area contributed by atoms with Crippen molar-refractivity contribution in [2.75, 3.05) is 20.3 Å². The van der Waals surface area contributed by atoms with Crippen LogP contribution in [0, 0.1) is 11.7 Å². The molecule has 1 atom stereocenters. The monoisotopic (exact) mass is 311 g/mol. The first kappa shape index (κ1) is 16.2. The molecule has 0 saturated carbocycles. The third-order valence-electron chi connectivity index (χ3n) is 3.70. The molecule has 2 rings (SSSR count). The summed E-state index contributed by atoms with van der Waals surface area (Å²) < 4.78 is 23.5. The molecule has 0 spiro atoms. The lowest BCUT2D eigenvalue weighted by molar-refractivity contribution is -0.141. The van der Waals surface area contributed by atoms with Crippen LogP contribution in [0.5, 0.6) is 5.75 Å². The van der Waals surface area contributed by atoms with Gasteiger partial charge in [0.05, 0.1) is 12.7 Å². The van der Waals surface area contributed by atoms with Crippen molar-refractivity contribution in [3.05, 3.63) is 29.6 Å². The number of carbonyl (C=O) groups is 2. The van der Waals surface area contributed by atoms with E-state index in [-0.39, 0.29) is 17.2 Å². The van der Waals surface area contributed by atoms with E-state index in [1.54, 1.807) is 0 Å². The Kier molecular flexibility index (Phi) is 5.32. The second-order valence-corrected chi connectivity index (χ2v) is 5.08. The molecule has 120 valence electrons. The van der Waals surface area contributed by atoms with Gasteiger partial charge in [0.2, 0.25) is 0 Å². The first-order valence-electron chi connectivity index (χ1n) is 6.98. The van der Waals surface area contributed by atoms with Crippen LogP contribution in [0.2, 0.25) is 0 Å². The van der Waals surface area contributed by atoms with E-state index in [1.165, 1.54) is 19.2 Å². The Hall–Kier alpha value is -2.15. The van der Waals surface area contributed by atoms with Gasteiger partial charge in [-0.1, -0.05) is 0 Å². The molecule has 2 N–H and O–H groups in total. The van der Waals surface area contributed by atoms with Crippen LogP contribution in [0.4, 0.5) is 4.39 Å². The molecule has 6 nitrogen and oxygen atoms in total. The van der Waals surface area contributed by atoms with Gasteiger partial charge in [0.25, 0.3) is 5.91 Å². The Bertz CT molecular complexity index is 557. The standard InChI is InChI=1S/C15H18FNO5/c1-21-12-3-2-10(16)8-11(12)14(18)17-13(15(19)20)9-4-6-22-7-5-9/h2-3,8-9,13H,4-7H2,1H3,(H,17,18)(H,19,20). The summed E-state index contributed by atoms with van der Waals surface area (Å²) in [5.41, 5.74) is -0.0270. The van der Waals surface area contributed by atoms with Crippen LogP contribution < -0.4 is 10.1 Å². The summed E-state index contributed by atoms with van der Waals surface area (Å²) >= 11 is 0. The minimum atomic E-state index is -1.12. The number of carboxylic acids is 1. The van der Waals surface area contributed by atoms with E-state index >= 15 is 0 Å². The second-order valence-electron chi connectivity index (χ2n) is 5.08. The molecule has 0 aromatic heterocycles. The van der Waals surface area contributed by atoms with E-state index in [4.69, 9.17) is 9.47 Å². The van der Waals surface area contributed by atoms with Crippen molar-refractivity contribution in [1.29, 1.82) is 0 Å². The maximum atomic E-state index is 13.3. The van der Waals surface area contributed by atoms with Crippen LogP contribution in [0.15, 0.2) is 18.2 Å². The summed E-state index contributed by atoms with van der Waals surface area (Å²) in [6.07, 6.45) is 1.11. The number of hydrogen-bond donors (Lipinski definition) is 2. The molecule has 0 aliphatic carbocycles. The van der Waals surface area contributed by atoms with Crippen LogP contribution in [0.1, 0.15) is 23.2 Å². The molecule has 1 aromatic carbocycles. The zero-order valence-corrected chi connectivity index (χ0v) is 12.2. The van der Waals surface area contributed by atoms with Gasteiger partial charge in [0, 0.05) is 13.2 Å². The predicted octanol–water partition coefficient (Wildman–Crippen LogP) is 1.44. The third-order valence-corrected chi connectivity index (χ3v) is 3.70. The molecule has 1 aromatic rings. The molecule has 1 unspecified atom stereocenters. The van der Waals surface area contributed by atoms with Gasteiger partial charge < -0.3 is 19.9 Å². The van der Waals surface area contributed by atoms with Gasteiger partial charge >= 0.3 is 5.97 Å². The highest BCUT2D eigenvalue weighted by Crippen LogP contribution is 2.22. The van der Waals surface area contributed by atoms with Gasteiger partial charge in [0.1, 0.15) is 17.6 Å². The highest BCUT2D eigenvalue weighted by molar-refractivity contribution is 5.99. The number of benzene rings is 1. The van der Waals surface area contributed by atoms with Crippen LogP contribution in [-0.2, 0) is 9.53 Å². The summed E-state index contributed by atoms with van der Waals surface area (Å²) in [5.74, 6) is -2.40. The number of halogens is 1. The Morgan fingerprint density at radius 3 is 2.68 bits per heavy atom. The van der Waals surface area contributed by atoms with Crippen LogP contribution in [-0.4, -0.2) is 43.3 Å². The number of nitrogens with one attached hydrogen (secondary N) is 1. The molecular weight excluding hydrogens is 293 g/mol. The molecule has 0 radical (unpaired) electrons. The van der Waals surface area contributed by atoms with Gasteiger partial charge in [-0.2, -0.15) is 0 Å². The number of hydrogen-bond acceptors (Lipinski definition) is 4. The van der Waals surface area contributed by atoms with Gasteiger partial charge in [0.15, 0.2) is 0 Å². The topological polar surface area (TPSA) is 84.9 Å². The highest BCUT2D eigenvalue weighted by atomic mass is 19.1. The van der Waals surface area contributed by atoms with Gasteiger partial charge in [-0.3, -0.25) is 4.79 Å². The van der Waals surface area contributed by atoms with Crippen molar-refractivity contribution in [3.8, 4) is 5.75 Å². The van der Waals surface area contributed by atoms with E-state index in [2.05, 4.69) is 5.32 Å². The predicted molar refractivity (Wildman–Crippen MR) is 75.4 cm³/mol. The molecule has 1 amide bonds. The zero-order valence-electron chi connectivity index (χ0n) is 12.2. The minimum Gasteiger partial charge on any atom is -0.496 e. The SMILES string of the molecule is COc1ccc(F)cc1C(=O)NC(C(=O)O)C1CCOCC1. The third kappa shape index (κ3) is 3.73. The fourth-order valence-electron chi connectivity index (χ4n) is 2.51. The normalized spacial score (nSPS) is 16.8. The fraction of sp³-hybridized carbons (Fsp3) is 0.467. The molecule has 1 heterocycles. The van der Waals surface area contributed by atoms with E-state index in [9.17, 15) is 19.1 Å². The largest absolute Gasteiger partial charge is 0.496 e. The molecule has 1 saturated heterocycles. The van der Waals surface area contributed by atoms with E-state index < -0.39 is 23.7 Å². The van der Waals surface area contributed by atoms with Crippen molar-refractivity contribution in [3.63, 3.8) is 0 Å². The van der Waals surface area contributed by atoms with Crippen LogP contribution in [0.25, 0.3) is 0 Å². The van der Waals surface area contributed by atoms with E-state index in [0.717, 1.165) is 6.07 Å². The highest BCUT2D eigenvalue weighted by Gasteiger charge is 2.32. The average Bonchev–Trinajstić information content (AvgIpc) is 2.52. The van der Waals surface area contributed by atoms with Crippen LogP contribution >= 0.6 is 0 Å². The smallest absolute Gasteiger partial charge is 0.326 e. The average molecular weight is 311 g/mol. The Balaban J connectivity index is 2.17. The summed E-state index contributed by atoms with van der Waals surface area (Å²) in [7, 11) is 1.36.